The lowest BCUT2D eigenvalue weighted by molar-refractivity contribution is 0.0916. The van der Waals surface area contributed by atoms with Crippen molar-refractivity contribution in [2.75, 3.05) is 6.54 Å². The molecule has 1 N–H and O–H groups in total. The molecule has 1 unspecified atom stereocenters. The summed E-state index contributed by atoms with van der Waals surface area (Å²) in [5, 5.41) is 6.42. The summed E-state index contributed by atoms with van der Waals surface area (Å²) in [7, 11) is 0. The van der Waals surface area contributed by atoms with Gasteiger partial charge in [-0.2, -0.15) is 0 Å². The first-order valence-corrected chi connectivity index (χ1v) is 5.86. The van der Waals surface area contributed by atoms with Crippen LogP contribution in [-0.2, 0) is 0 Å². The van der Waals surface area contributed by atoms with Crippen LogP contribution in [0.3, 0.4) is 0 Å². The molecule has 1 heterocycles. The molecule has 0 bridgehead atoms. The lowest BCUT2D eigenvalue weighted by Gasteiger charge is -2.03. The second kappa shape index (κ2) is 5.90. The van der Waals surface area contributed by atoms with Gasteiger partial charge in [-0.05, 0) is 19.8 Å². The number of rotatable bonds is 5. The Balaban J connectivity index is 2.25. The molecular weight excluding hydrogens is 260 g/mol. The topological polar surface area (TPSA) is 55.1 Å². The Hall–Kier alpha value is -0.840. The first-order valence-electron chi connectivity index (χ1n) is 4.95. The highest BCUT2D eigenvalue weighted by Crippen LogP contribution is 2.06. The predicted octanol–water partition coefficient (Wildman–Crippen LogP) is 2.28. The molecule has 1 aromatic heterocycles. The normalized spacial score (nSPS) is 12.5. The number of nitrogens with one attached hydrogen (secondary N) is 1. The zero-order valence-corrected chi connectivity index (χ0v) is 10.5. The monoisotopic (exact) mass is 274 g/mol. The molecule has 1 atom stereocenters. The van der Waals surface area contributed by atoms with Crippen molar-refractivity contribution in [3.63, 3.8) is 0 Å². The van der Waals surface area contributed by atoms with Crippen LogP contribution < -0.4 is 5.32 Å². The van der Waals surface area contributed by atoms with Gasteiger partial charge in [-0.1, -0.05) is 28.0 Å². The number of carbonyl (C=O) groups is 1. The van der Waals surface area contributed by atoms with E-state index in [4.69, 9.17) is 4.52 Å². The van der Waals surface area contributed by atoms with Crippen LogP contribution in [0.1, 0.15) is 36.0 Å². The van der Waals surface area contributed by atoms with Gasteiger partial charge in [0.25, 0.3) is 5.91 Å². The maximum Gasteiger partial charge on any atom is 0.289 e. The number of hydrogen-bond donors (Lipinski definition) is 1. The average molecular weight is 275 g/mol. The van der Waals surface area contributed by atoms with Crippen LogP contribution in [0.4, 0.5) is 0 Å². The summed E-state index contributed by atoms with van der Waals surface area (Å²) in [6, 6.07) is 1.63. The molecule has 1 rings (SSSR count). The molecular formula is C10H15BrN2O2. The van der Waals surface area contributed by atoms with Gasteiger partial charge >= 0.3 is 0 Å². The van der Waals surface area contributed by atoms with E-state index in [2.05, 4.69) is 33.3 Å². The summed E-state index contributed by atoms with van der Waals surface area (Å²) in [6.07, 6.45) is 1.99. The number of carbonyl (C=O) groups excluding carboxylic acids is 1. The van der Waals surface area contributed by atoms with Gasteiger partial charge in [0.1, 0.15) is 0 Å². The molecule has 5 heteroatoms. The standard InChI is InChI=1S/C10H15BrN2O2/c1-7(11)4-3-5-12-10(14)9-6-8(2)13-15-9/h6-7H,3-5H2,1-2H3,(H,12,14). The van der Waals surface area contributed by atoms with E-state index in [0.29, 0.717) is 17.1 Å². The maximum absolute atomic E-state index is 11.4. The summed E-state index contributed by atoms with van der Waals surface area (Å²) in [4.78, 5) is 11.9. The third-order valence-electron chi connectivity index (χ3n) is 1.92. The van der Waals surface area contributed by atoms with Gasteiger partial charge in [-0.15, -0.1) is 0 Å². The highest BCUT2D eigenvalue weighted by molar-refractivity contribution is 9.09. The Bertz CT molecular complexity index is 323. The number of alkyl halides is 1. The van der Waals surface area contributed by atoms with Crippen molar-refractivity contribution in [1.82, 2.24) is 10.5 Å². The van der Waals surface area contributed by atoms with E-state index in [1.807, 2.05) is 0 Å². The maximum atomic E-state index is 11.4. The Morgan fingerprint density at radius 1 is 1.73 bits per heavy atom. The van der Waals surface area contributed by atoms with Gasteiger partial charge in [0, 0.05) is 17.4 Å². The fraction of sp³-hybridized carbons (Fsp3) is 0.600. The molecule has 0 saturated carbocycles. The Kier molecular flexibility index (Phi) is 4.81. The lowest BCUT2D eigenvalue weighted by atomic mass is 10.2. The fourth-order valence-corrected chi connectivity index (χ4v) is 1.47. The highest BCUT2D eigenvalue weighted by Gasteiger charge is 2.10. The van der Waals surface area contributed by atoms with Crippen LogP contribution in [-0.4, -0.2) is 22.4 Å². The van der Waals surface area contributed by atoms with E-state index < -0.39 is 0 Å². The van der Waals surface area contributed by atoms with Crippen LogP contribution in [0.5, 0.6) is 0 Å². The summed E-state index contributed by atoms with van der Waals surface area (Å²) < 4.78 is 4.83. The molecule has 1 amide bonds. The Labute approximate surface area is 97.5 Å². The van der Waals surface area contributed by atoms with Gasteiger partial charge in [-0.25, -0.2) is 0 Å². The van der Waals surface area contributed by atoms with E-state index in [0.717, 1.165) is 12.8 Å². The van der Waals surface area contributed by atoms with Gasteiger partial charge < -0.3 is 9.84 Å². The van der Waals surface area contributed by atoms with Crippen LogP contribution in [0.2, 0.25) is 0 Å². The summed E-state index contributed by atoms with van der Waals surface area (Å²) in [6.45, 7) is 4.53. The smallest absolute Gasteiger partial charge is 0.289 e. The number of aromatic nitrogens is 1. The second-order valence-electron chi connectivity index (χ2n) is 3.51. The molecule has 0 fully saturated rings. The Morgan fingerprint density at radius 3 is 3.00 bits per heavy atom. The number of halogens is 1. The first-order chi connectivity index (χ1) is 7.09. The van der Waals surface area contributed by atoms with Crippen molar-refractivity contribution in [2.24, 2.45) is 0 Å². The second-order valence-corrected chi connectivity index (χ2v) is 5.07. The van der Waals surface area contributed by atoms with Crippen molar-refractivity contribution in [1.29, 1.82) is 0 Å². The minimum atomic E-state index is -0.196. The van der Waals surface area contributed by atoms with E-state index in [1.165, 1.54) is 0 Å². The lowest BCUT2D eigenvalue weighted by Crippen LogP contribution is -2.24. The zero-order chi connectivity index (χ0) is 11.3. The molecule has 0 aromatic carbocycles. The molecule has 0 aliphatic heterocycles. The van der Waals surface area contributed by atoms with Crippen molar-refractivity contribution in [3.05, 3.63) is 17.5 Å². The van der Waals surface area contributed by atoms with E-state index >= 15 is 0 Å². The van der Waals surface area contributed by atoms with Gasteiger partial charge in [0.2, 0.25) is 5.76 Å². The first kappa shape index (κ1) is 12.2. The minimum absolute atomic E-state index is 0.196. The van der Waals surface area contributed by atoms with Gasteiger partial charge in [-0.3, -0.25) is 4.79 Å². The van der Waals surface area contributed by atoms with Crippen molar-refractivity contribution in [2.45, 2.75) is 31.5 Å². The molecule has 0 saturated heterocycles. The van der Waals surface area contributed by atoms with E-state index in [-0.39, 0.29) is 11.7 Å². The molecule has 84 valence electrons. The largest absolute Gasteiger partial charge is 0.351 e. The quantitative estimate of drug-likeness (QED) is 0.662. The number of nitrogens with zero attached hydrogens (tertiary/aromatic N) is 1. The highest BCUT2D eigenvalue weighted by atomic mass is 79.9. The number of amides is 1. The molecule has 15 heavy (non-hydrogen) atoms. The van der Waals surface area contributed by atoms with Gasteiger partial charge in [0.05, 0.1) is 5.69 Å². The molecule has 0 aliphatic carbocycles. The third-order valence-corrected chi connectivity index (χ3v) is 2.37. The van der Waals surface area contributed by atoms with Gasteiger partial charge in [0.15, 0.2) is 0 Å². The summed E-state index contributed by atoms with van der Waals surface area (Å²) in [5.74, 6) is 0.0808. The van der Waals surface area contributed by atoms with Crippen LogP contribution >= 0.6 is 15.9 Å². The molecule has 0 radical (unpaired) electrons. The molecule has 0 spiro atoms. The van der Waals surface area contributed by atoms with E-state index in [9.17, 15) is 4.79 Å². The Morgan fingerprint density at radius 2 is 2.47 bits per heavy atom. The fourth-order valence-electron chi connectivity index (χ4n) is 1.14. The molecule has 1 aromatic rings. The van der Waals surface area contributed by atoms with Crippen molar-refractivity contribution >= 4 is 21.8 Å². The predicted molar refractivity (Wildman–Crippen MR) is 61.2 cm³/mol. The molecule has 0 aliphatic rings. The minimum Gasteiger partial charge on any atom is -0.351 e. The summed E-state index contributed by atoms with van der Waals surface area (Å²) >= 11 is 3.45. The zero-order valence-electron chi connectivity index (χ0n) is 8.92. The molecule has 4 nitrogen and oxygen atoms in total. The van der Waals surface area contributed by atoms with Crippen LogP contribution in [0.15, 0.2) is 10.6 Å². The number of aryl methyl sites for hydroxylation is 1. The summed E-state index contributed by atoms with van der Waals surface area (Å²) in [5.41, 5.74) is 0.717. The van der Waals surface area contributed by atoms with Crippen molar-refractivity contribution < 1.29 is 9.32 Å². The van der Waals surface area contributed by atoms with Crippen LogP contribution in [0.25, 0.3) is 0 Å². The average Bonchev–Trinajstić information content (AvgIpc) is 2.59. The number of hydrogen-bond acceptors (Lipinski definition) is 3. The van der Waals surface area contributed by atoms with Crippen LogP contribution in [0, 0.1) is 6.92 Å². The SMILES string of the molecule is Cc1cc(C(=O)NCCCC(C)Br)on1. The third kappa shape index (κ3) is 4.46. The van der Waals surface area contributed by atoms with Crippen molar-refractivity contribution in [3.8, 4) is 0 Å². The van der Waals surface area contributed by atoms with E-state index in [1.54, 1.807) is 13.0 Å².